The highest BCUT2D eigenvalue weighted by atomic mass is 16.5. The zero-order valence-corrected chi connectivity index (χ0v) is 13.1. The standard InChI is InChI=1S/C18H18N4O2/c19-10-13-4-8-17(21-13)24-14-5-1-11(2-6-14)18(23)22-16-9-12-3-7-15(16)20-12/h1-2,4-6,8,12,15-16,20-21H,3,7,9H2,(H,22,23)/t12-,15+,16-/m1/s1. The minimum atomic E-state index is -0.0486. The van der Waals surface area contributed by atoms with Crippen molar-refractivity contribution in [3.8, 4) is 17.7 Å². The Kier molecular flexibility index (Phi) is 3.71. The highest BCUT2D eigenvalue weighted by molar-refractivity contribution is 5.94. The van der Waals surface area contributed by atoms with E-state index in [1.54, 1.807) is 36.4 Å². The quantitative estimate of drug-likeness (QED) is 0.805. The first kappa shape index (κ1) is 14.8. The van der Waals surface area contributed by atoms with Gasteiger partial charge in [0.15, 0.2) is 5.88 Å². The summed E-state index contributed by atoms with van der Waals surface area (Å²) in [5.41, 5.74) is 1.06. The van der Waals surface area contributed by atoms with E-state index < -0.39 is 0 Å². The van der Waals surface area contributed by atoms with E-state index in [0.717, 1.165) is 12.8 Å². The first-order chi connectivity index (χ1) is 11.7. The number of carbonyl (C=O) groups is 1. The van der Waals surface area contributed by atoms with E-state index in [4.69, 9.17) is 10.00 Å². The number of fused-ring (bicyclic) bond motifs is 2. The number of nitrogens with zero attached hydrogens (tertiary/aromatic N) is 1. The lowest BCUT2D eigenvalue weighted by atomic mass is 9.95. The molecule has 2 bridgehead atoms. The van der Waals surface area contributed by atoms with Crippen molar-refractivity contribution in [1.29, 1.82) is 5.26 Å². The maximum absolute atomic E-state index is 12.4. The number of hydrogen-bond acceptors (Lipinski definition) is 4. The molecule has 0 radical (unpaired) electrons. The summed E-state index contributed by atoms with van der Waals surface area (Å²) in [6, 6.07) is 13.6. The number of amides is 1. The third-order valence-corrected chi connectivity index (χ3v) is 4.74. The molecule has 4 rings (SSSR count). The smallest absolute Gasteiger partial charge is 0.251 e. The molecule has 3 heterocycles. The molecule has 2 aromatic rings. The number of ether oxygens (including phenoxy) is 1. The monoisotopic (exact) mass is 322 g/mol. The normalized spacial score (nSPS) is 24.5. The van der Waals surface area contributed by atoms with Crippen LogP contribution in [-0.4, -0.2) is 29.0 Å². The minimum Gasteiger partial charge on any atom is -0.441 e. The molecule has 24 heavy (non-hydrogen) atoms. The SMILES string of the molecule is N#Cc1ccc(Oc2ccc(C(=O)N[C@@H]3C[C@H]4CC[C@@H]3N4)cc2)[nH]1. The molecule has 2 fully saturated rings. The van der Waals surface area contributed by atoms with Gasteiger partial charge in [-0.1, -0.05) is 0 Å². The van der Waals surface area contributed by atoms with E-state index in [0.29, 0.717) is 35.0 Å². The lowest BCUT2D eigenvalue weighted by Crippen LogP contribution is -2.42. The Morgan fingerprint density at radius 1 is 1.21 bits per heavy atom. The summed E-state index contributed by atoms with van der Waals surface area (Å²) < 4.78 is 5.62. The molecular formula is C18H18N4O2. The number of H-pyrrole nitrogens is 1. The molecule has 6 heteroatoms. The van der Waals surface area contributed by atoms with Gasteiger partial charge in [0.05, 0.1) is 0 Å². The van der Waals surface area contributed by atoms with Crippen LogP contribution in [0.5, 0.6) is 11.6 Å². The van der Waals surface area contributed by atoms with Gasteiger partial charge in [0, 0.05) is 29.8 Å². The van der Waals surface area contributed by atoms with Gasteiger partial charge in [-0.05, 0) is 49.6 Å². The number of carbonyl (C=O) groups excluding carboxylic acids is 1. The van der Waals surface area contributed by atoms with Crippen molar-refractivity contribution in [2.24, 2.45) is 0 Å². The second kappa shape index (κ2) is 6.02. The van der Waals surface area contributed by atoms with Crippen LogP contribution in [0.4, 0.5) is 0 Å². The van der Waals surface area contributed by atoms with E-state index in [1.807, 2.05) is 6.07 Å². The van der Waals surface area contributed by atoms with Crippen LogP contribution in [0.25, 0.3) is 0 Å². The fraction of sp³-hybridized carbons (Fsp3) is 0.333. The maximum atomic E-state index is 12.4. The van der Waals surface area contributed by atoms with Gasteiger partial charge in [-0.15, -0.1) is 0 Å². The van der Waals surface area contributed by atoms with Crippen molar-refractivity contribution in [2.45, 2.75) is 37.4 Å². The Bertz CT molecular complexity index is 790. The van der Waals surface area contributed by atoms with Crippen molar-refractivity contribution in [3.63, 3.8) is 0 Å². The van der Waals surface area contributed by atoms with Crippen LogP contribution >= 0.6 is 0 Å². The Balaban J connectivity index is 1.38. The van der Waals surface area contributed by atoms with Crippen LogP contribution in [0.15, 0.2) is 36.4 Å². The van der Waals surface area contributed by atoms with E-state index in [1.165, 1.54) is 6.42 Å². The Hall–Kier alpha value is -2.78. The summed E-state index contributed by atoms with van der Waals surface area (Å²) in [6.07, 6.45) is 3.38. The van der Waals surface area contributed by atoms with E-state index in [-0.39, 0.29) is 11.9 Å². The van der Waals surface area contributed by atoms with Crippen molar-refractivity contribution in [3.05, 3.63) is 47.7 Å². The topological polar surface area (TPSA) is 89.9 Å². The van der Waals surface area contributed by atoms with Gasteiger partial charge in [0.2, 0.25) is 0 Å². The number of hydrogen-bond donors (Lipinski definition) is 3. The molecule has 2 saturated heterocycles. The third-order valence-electron chi connectivity index (χ3n) is 4.74. The molecule has 2 aliphatic rings. The Morgan fingerprint density at radius 3 is 2.67 bits per heavy atom. The molecule has 1 aromatic heterocycles. The van der Waals surface area contributed by atoms with E-state index in [9.17, 15) is 4.79 Å². The molecule has 3 atom stereocenters. The highest BCUT2D eigenvalue weighted by Gasteiger charge is 2.39. The van der Waals surface area contributed by atoms with Crippen molar-refractivity contribution in [1.82, 2.24) is 15.6 Å². The van der Waals surface area contributed by atoms with Gasteiger partial charge in [-0.2, -0.15) is 5.26 Å². The van der Waals surface area contributed by atoms with Gasteiger partial charge in [0.1, 0.15) is 17.5 Å². The molecular weight excluding hydrogens is 304 g/mol. The molecule has 0 unspecified atom stereocenters. The van der Waals surface area contributed by atoms with Crippen LogP contribution in [0.3, 0.4) is 0 Å². The molecule has 1 amide bonds. The van der Waals surface area contributed by atoms with Crippen LogP contribution in [0, 0.1) is 11.3 Å². The van der Waals surface area contributed by atoms with Gasteiger partial charge in [0.25, 0.3) is 5.91 Å². The van der Waals surface area contributed by atoms with Crippen LogP contribution in [0.2, 0.25) is 0 Å². The molecule has 0 aliphatic carbocycles. The van der Waals surface area contributed by atoms with Crippen molar-refractivity contribution < 1.29 is 9.53 Å². The lowest BCUT2D eigenvalue weighted by Gasteiger charge is -2.21. The van der Waals surface area contributed by atoms with Crippen LogP contribution in [0.1, 0.15) is 35.3 Å². The first-order valence-electron chi connectivity index (χ1n) is 8.15. The van der Waals surface area contributed by atoms with Crippen LogP contribution < -0.4 is 15.4 Å². The second-order valence-corrected chi connectivity index (χ2v) is 6.34. The molecule has 2 aliphatic heterocycles. The number of nitriles is 1. The first-order valence-corrected chi connectivity index (χ1v) is 8.15. The lowest BCUT2D eigenvalue weighted by molar-refractivity contribution is 0.0931. The number of aromatic nitrogens is 1. The Labute approximate surface area is 139 Å². The van der Waals surface area contributed by atoms with Gasteiger partial charge < -0.3 is 20.4 Å². The molecule has 6 nitrogen and oxygen atoms in total. The molecule has 3 N–H and O–H groups in total. The van der Waals surface area contributed by atoms with Gasteiger partial charge in [-0.25, -0.2) is 0 Å². The molecule has 0 spiro atoms. The van der Waals surface area contributed by atoms with Crippen molar-refractivity contribution in [2.75, 3.05) is 0 Å². The van der Waals surface area contributed by atoms with Gasteiger partial charge in [-0.3, -0.25) is 4.79 Å². The van der Waals surface area contributed by atoms with E-state index >= 15 is 0 Å². The van der Waals surface area contributed by atoms with Crippen molar-refractivity contribution >= 4 is 5.91 Å². The molecule has 1 aromatic carbocycles. The fourth-order valence-electron chi connectivity index (χ4n) is 3.54. The Morgan fingerprint density at radius 2 is 2.04 bits per heavy atom. The number of rotatable bonds is 4. The predicted octanol–water partition coefficient (Wildman–Crippen LogP) is 2.30. The van der Waals surface area contributed by atoms with Gasteiger partial charge >= 0.3 is 0 Å². The summed E-state index contributed by atoms with van der Waals surface area (Å²) in [5, 5.41) is 15.4. The molecule has 0 saturated carbocycles. The number of benzene rings is 1. The third kappa shape index (κ3) is 2.86. The maximum Gasteiger partial charge on any atom is 0.251 e. The number of nitrogens with one attached hydrogen (secondary N) is 3. The zero-order valence-electron chi connectivity index (χ0n) is 13.1. The average molecular weight is 322 g/mol. The van der Waals surface area contributed by atoms with Crippen LogP contribution in [-0.2, 0) is 0 Å². The summed E-state index contributed by atoms with van der Waals surface area (Å²) >= 11 is 0. The second-order valence-electron chi connectivity index (χ2n) is 6.34. The summed E-state index contributed by atoms with van der Waals surface area (Å²) in [5.74, 6) is 1.06. The zero-order chi connectivity index (χ0) is 16.5. The fourth-order valence-corrected chi connectivity index (χ4v) is 3.54. The minimum absolute atomic E-state index is 0.0486. The summed E-state index contributed by atoms with van der Waals surface area (Å²) in [6.45, 7) is 0. The largest absolute Gasteiger partial charge is 0.441 e. The average Bonchev–Trinajstić information content (AvgIpc) is 3.32. The number of aromatic amines is 1. The van der Waals surface area contributed by atoms with E-state index in [2.05, 4.69) is 15.6 Å². The summed E-state index contributed by atoms with van der Waals surface area (Å²) in [4.78, 5) is 15.2. The summed E-state index contributed by atoms with van der Waals surface area (Å²) in [7, 11) is 0. The predicted molar refractivity (Wildman–Crippen MR) is 87.8 cm³/mol. The highest BCUT2D eigenvalue weighted by Crippen LogP contribution is 2.28. The molecule has 122 valence electrons.